The van der Waals surface area contributed by atoms with E-state index in [-0.39, 0.29) is 11.6 Å². The van der Waals surface area contributed by atoms with Gasteiger partial charge in [0, 0.05) is 11.9 Å². The number of nitrogens with one attached hydrogen (secondary N) is 2. The molecule has 0 aliphatic rings. The average molecular weight is 418 g/mol. The molecule has 1 unspecified atom stereocenters. The van der Waals surface area contributed by atoms with Crippen molar-refractivity contribution in [2.45, 2.75) is 13.0 Å². The number of nitrogens with zero attached hydrogens (tertiary/aromatic N) is 5. The van der Waals surface area contributed by atoms with Gasteiger partial charge in [0.2, 0.25) is 0 Å². The number of halogens is 1. The molecular formula is C21H16ClN7O. The Morgan fingerprint density at radius 2 is 2.07 bits per heavy atom. The zero-order valence-electron chi connectivity index (χ0n) is 15.9. The molecule has 0 aliphatic carbocycles. The molecule has 0 amide bonds. The largest absolute Gasteiger partial charge is 0.360 e. The fraction of sp³-hybridized carbons (Fsp3) is 0.0952. The molecule has 148 valence electrons. The topological polar surface area (TPSA) is 101 Å². The lowest BCUT2D eigenvalue weighted by Crippen LogP contribution is -2.26. The van der Waals surface area contributed by atoms with E-state index in [9.17, 15) is 4.79 Å². The average Bonchev–Trinajstić information content (AvgIpc) is 3.24. The minimum Gasteiger partial charge on any atom is -0.360 e. The van der Waals surface area contributed by atoms with Gasteiger partial charge < -0.3 is 10.3 Å². The lowest BCUT2D eigenvalue weighted by Gasteiger charge is -2.21. The number of hydrogen-bond donors (Lipinski definition) is 2. The summed E-state index contributed by atoms with van der Waals surface area (Å²) < 4.78 is 1.63. The Morgan fingerprint density at radius 1 is 1.17 bits per heavy atom. The van der Waals surface area contributed by atoms with Crippen LogP contribution in [0, 0.1) is 0 Å². The molecule has 4 heterocycles. The van der Waals surface area contributed by atoms with Crippen LogP contribution in [0.5, 0.6) is 0 Å². The summed E-state index contributed by atoms with van der Waals surface area (Å²) in [4.78, 5) is 33.4. The van der Waals surface area contributed by atoms with E-state index in [2.05, 4.69) is 30.2 Å². The van der Waals surface area contributed by atoms with Crippen molar-refractivity contribution in [2.75, 3.05) is 5.32 Å². The van der Waals surface area contributed by atoms with Gasteiger partial charge in [-0.25, -0.2) is 15.0 Å². The summed E-state index contributed by atoms with van der Waals surface area (Å²) in [5.41, 5.74) is 2.45. The van der Waals surface area contributed by atoms with Crippen LogP contribution in [0.25, 0.3) is 27.6 Å². The van der Waals surface area contributed by atoms with Crippen LogP contribution in [0.1, 0.15) is 18.7 Å². The number of imidazole rings is 1. The number of aromatic amines is 1. The van der Waals surface area contributed by atoms with Gasteiger partial charge in [0.1, 0.15) is 11.8 Å². The van der Waals surface area contributed by atoms with E-state index in [1.54, 1.807) is 35.4 Å². The summed E-state index contributed by atoms with van der Waals surface area (Å²) in [6.07, 6.45) is 6.35. The second-order valence-electron chi connectivity index (χ2n) is 6.81. The third-order valence-electron chi connectivity index (χ3n) is 4.94. The first kappa shape index (κ1) is 18.3. The molecule has 4 aromatic heterocycles. The Kier molecular flexibility index (Phi) is 4.40. The molecule has 5 rings (SSSR count). The summed E-state index contributed by atoms with van der Waals surface area (Å²) >= 11 is 6.36. The Labute approximate surface area is 175 Å². The molecule has 0 aliphatic heterocycles. The summed E-state index contributed by atoms with van der Waals surface area (Å²) in [6, 6.07) is 10.7. The van der Waals surface area contributed by atoms with E-state index in [1.807, 2.05) is 31.2 Å². The minimum atomic E-state index is -0.281. The van der Waals surface area contributed by atoms with Gasteiger partial charge in [0.05, 0.1) is 34.7 Å². The van der Waals surface area contributed by atoms with Crippen LogP contribution < -0.4 is 10.9 Å². The molecular weight excluding hydrogens is 402 g/mol. The van der Waals surface area contributed by atoms with Crippen molar-refractivity contribution < 1.29 is 0 Å². The SMILES string of the molecule is CC(Nc1ncnc2[nH]cnc12)c1cc2cccc(Cl)c2c(=O)n1-c1cccnc1. The fourth-order valence-electron chi connectivity index (χ4n) is 3.56. The van der Waals surface area contributed by atoms with Crippen LogP contribution in [-0.2, 0) is 0 Å². The molecule has 5 aromatic rings. The highest BCUT2D eigenvalue weighted by Crippen LogP contribution is 2.27. The van der Waals surface area contributed by atoms with Gasteiger partial charge in [-0.3, -0.25) is 14.3 Å². The molecule has 2 N–H and O–H groups in total. The van der Waals surface area contributed by atoms with Gasteiger partial charge in [0.25, 0.3) is 5.56 Å². The van der Waals surface area contributed by atoms with E-state index >= 15 is 0 Å². The smallest absolute Gasteiger partial charge is 0.264 e. The second-order valence-corrected chi connectivity index (χ2v) is 7.22. The number of rotatable bonds is 4. The maximum absolute atomic E-state index is 13.5. The third kappa shape index (κ3) is 2.98. The molecule has 0 radical (unpaired) electrons. The molecule has 8 nitrogen and oxygen atoms in total. The predicted octanol–water partition coefficient (Wildman–Crippen LogP) is 3.88. The fourth-order valence-corrected chi connectivity index (χ4v) is 3.82. The van der Waals surface area contributed by atoms with Crippen LogP contribution in [0.2, 0.25) is 5.02 Å². The predicted molar refractivity (Wildman–Crippen MR) is 116 cm³/mol. The standard InChI is InChI=1S/C21H16ClN7O/c1-12(28-20-18-19(25-10-24-18)26-11-27-20)16-8-13-4-2-6-15(22)17(13)21(30)29(16)14-5-3-7-23-9-14/h2-12H,1H3,(H2,24,25,26,27,28). The van der Waals surface area contributed by atoms with Gasteiger partial charge in [-0.15, -0.1) is 0 Å². The molecule has 30 heavy (non-hydrogen) atoms. The Balaban J connectivity index is 1.71. The van der Waals surface area contributed by atoms with Crippen molar-refractivity contribution >= 4 is 39.4 Å². The van der Waals surface area contributed by atoms with Crippen LogP contribution in [0.4, 0.5) is 5.82 Å². The van der Waals surface area contributed by atoms with Gasteiger partial charge in [-0.2, -0.15) is 0 Å². The summed E-state index contributed by atoms with van der Waals surface area (Å²) in [5, 5.41) is 5.01. The van der Waals surface area contributed by atoms with E-state index in [4.69, 9.17) is 11.6 Å². The van der Waals surface area contributed by atoms with Crippen LogP contribution in [-0.4, -0.2) is 29.5 Å². The number of H-pyrrole nitrogens is 1. The summed E-state index contributed by atoms with van der Waals surface area (Å²) in [5.74, 6) is 0.574. The lowest BCUT2D eigenvalue weighted by atomic mass is 10.1. The Hall–Kier alpha value is -3.78. The minimum absolute atomic E-state index is 0.206. The van der Waals surface area contributed by atoms with Crippen molar-refractivity contribution in [3.8, 4) is 5.69 Å². The van der Waals surface area contributed by atoms with E-state index in [0.29, 0.717) is 33.1 Å². The first-order valence-corrected chi connectivity index (χ1v) is 9.66. The molecule has 0 saturated heterocycles. The molecule has 0 bridgehead atoms. The van der Waals surface area contributed by atoms with Gasteiger partial charge in [0.15, 0.2) is 11.5 Å². The molecule has 0 saturated carbocycles. The zero-order chi connectivity index (χ0) is 20.7. The molecule has 9 heteroatoms. The van der Waals surface area contributed by atoms with Crippen molar-refractivity contribution in [3.05, 3.63) is 82.5 Å². The molecule has 1 atom stereocenters. The van der Waals surface area contributed by atoms with Crippen LogP contribution in [0.15, 0.2) is 66.2 Å². The number of aromatic nitrogens is 6. The molecule has 0 fully saturated rings. The lowest BCUT2D eigenvalue weighted by molar-refractivity contribution is 0.772. The number of fused-ring (bicyclic) bond motifs is 2. The number of anilines is 1. The van der Waals surface area contributed by atoms with E-state index in [1.165, 1.54) is 6.33 Å². The van der Waals surface area contributed by atoms with Crippen molar-refractivity contribution in [1.82, 2.24) is 29.5 Å². The number of hydrogen-bond acceptors (Lipinski definition) is 6. The Bertz CT molecular complexity index is 1430. The van der Waals surface area contributed by atoms with Crippen LogP contribution >= 0.6 is 11.6 Å². The molecule has 0 spiro atoms. The Morgan fingerprint density at radius 3 is 2.90 bits per heavy atom. The van der Waals surface area contributed by atoms with Crippen molar-refractivity contribution in [1.29, 1.82) is 0 Å². The first-order chi connectivity index (χ1) is 14.6. The number of benzene rings is 1. The maximum Gasteiger partial charge on any atom is 0.264 e. The first-order valence-electron chi connectivity index (χ1n) is 9.28. The zero-order valence-corrected chi connectivity index (χ0v) is 16.6. The monoisotopic (exact) mass is 417 g/mol. The van der Waals surface area contributed by atoms with E-state index < -0.39 is 0 Å². The summed E-state index contributed by atoms with van der Waals surface area (Å²) in [6.45, 7) is 1.96. The molecule has 1 aromatic carbocycles. The van der Waals surface area contributed by atoms with E-state index in [0.717, 1.165) is 11.1 Å². The maximum atomic E-state index is 13.5. The van der Waals surface area contributed by atoms with Gasteiger partial charge in [-0.05, 0) is 36.6 Å². The van der Waals surface area contributed by atoms with Crippen LogP contribution in [0.3, 0.4) is 0 Å². The highest BCUT2D eigenvalue weighted by molar-refractivity contribution is 6.35. The normalized spacial score (nSPS) is 12.3. The highest BCUT2D eigenvalue weighted by atomic mass is 35.5. The van der Waals surface area contributed by atoms with Gasteiger partial charge in [-0.1, -0.05) is 23.7 Å². The number of pyridine rings is 2. The van der Waals surface area contributed by atoms with Gasteiger partial charge >= 0.3 is 0 Å². The quantitative estimate of drug-likeness (QED) is 0.460. The summed E-state index contributed by atoms with van der Waals surface area (Å²) in [7, 11) is 0. The highest BCUT2D eigenvalue weighted by Gasteiger charge is 2.19. The third-order valence-corrected chi connectivity index (χ3v) is 5.26. The van der Waals surface area contributed by atoms with Crippen molar-refractivity contribution in [2.24, 2.45) is 0 Å². The van der Waals surface area contributed by atoms with Crippen molar-refractivity contribution in [3.63, 3.8) is 0 Å². The second kappa shape index (κ2) is 7.23.